The van der Waals surface area contributed by atoms with E-state index < -0.39 is 0 Å². The molecule has 0 aromatic heterocycles. The van der Waals surface area contributed by atoms with Crippen molar-refractivity contribution in [2.45, 2.75) is 19.6 Å². The lowest BCUT2D eigenvalue weighted by Crippen LogP contribution is -2.47. The van der Waals surface area contributed by atoms with Crippen LogP contribution < -0.4 is 4.74 Å². The first-order valence-corrected chi connectivity index (χ1v) is 11.2. The minimum atomic E-state index is 0.473. The first-order chi connectivity index (χ1) is 15.3. The van der Waals surface area contributed by atoms with Crippen molar-refractivity contribution in [2.75, 3.05) is 39.3 Å². The second-order valence-corrected chi connectivity index (χ2v) is 8.04. The maximum absolute atomic E-state index is 6.03. The molecule has 0 saturated carbocycles. The van der Waals surface area contributed by atoms with E-state index in [0.29, 0.717) is 12.6 Å². The van der Waals surface area contributed by atoms with Crippen LogP contribution in [0.25, 0.3) is 0 Å². The minimum Gasteiger partial charge on any atom is -0.457 e. The Labute approximate surface area is 186 Å². The highest BCUT2D eigenvalue weighted by Gasteiger charge is 2.21. The van der Waals surface area contributed by atoms with Crippen LogP contribution >= 0.6 is 0 Å². The molecule has 0 spiro atoms. The van der Waals surface area contributed by atoms with Crippen LogP contribution in [0, 0.1) is 0 Å². The maximum atomic E-state index is 6.03. The van der Waals surface area contributed by atoms with Gasteiger partial charge in [0, 0.05) is 44.3 Å². The predicted octanol–water partition coefficient (Wildman–Crippen LogP) is 5.37. The maximum Gasteiger partial charge on any atom is 0.132 e. The molecule has 1 saturated heterocycles. The largest absolute Gasteiger partial charge is 0.457 e. The summed E-state index contributed by atoms with van der Waals surface area (Å²) >= 11 is 0. The highest BCUT2D eigenvalue weighted by atomic mass is 16.5. The van der Waals surface area contributed by atoms with E-state index in [-0.39, 0.29) is 0 Å². The Morgan fingerprint density at radius 3 is 2.16 bits per heavy atom. The van der Waals surface area contributed by atoms with Crippen molar-refractivity contribution in [3.8, 4) is 11.5 Å². The summed E-state index contributed by atoms with van der Waals surface area (Å²) in [6.45, 7) is 8.95. The second kappa shape index (κ2) is 11.1. The molecule has 0 amide bonds. The molecule has 0 N–H and O–H groups in total. The topological polar surface area (TPSA) is 24.9 Å². The fourth-order valence-electron chi connectivity index (χ4n) is 4.03. The van der Waals surface area contributed by atoms with Gasteiger partial charge in [0.2, 0.25) is 0 Å². The molecule has 31 heavy (non-hydrogen) atoms. The van der Waals surface area contributed by atoms with Crippen molar-refractivity contribution < 1.29 is 9.47 Å². The molecule has 4 heteroatoms. The summed E-state index contributed by atoms with van der Waals surface area (Å²) < 4.78 is 12.0. The first kappa shape index (κ1) is 21.6. The van der Waals surface area contributed by atoms with Crippen molar-refractivity contribution >= 4 is 0 Å². The molecule has 3 aromatic rings. The number of nitrogens with zero attached hydrogens (tertiary/aromatic N) is 2. The molecule has 1 heterocycles. The smallest absolute Gasteiger partial charge is 0.132 e. The lowest BCUT2D eigenvalue weighted by Gasteiger charge is -2.38. The van der Waals surface area contributed by atoms with Gasteiger partial charge in [-0.15, -0.1) is 0 Å². The van der Waals surface area contributed by atoms with Gasteiger partial charge in [0.25, 0.3) is 0 Å². The Morgan fingerprint density at radius 1 is 0.774 bits per heavy atom. The molecule has 0 bridgehead atoms. The molecule has 4 nitrogen and oxygen atoms in total. The average Bonchev–Trinajstić information content (AvgIpc) is 2.84. The molecule has 0 aliphatic carbocycles. The zero-order chi connectivity index (χ0) is 21.3. The third-order valence-corrected chi connectivity index (χ3v) is 5.99. The normalized spacial score (nSPS) is 16.2. The van der Waals surface area contributed by atoms with Crippen LogP contribution in [0.15, 0.2) is 84.9 Å². The molecule has 1 atom stereocenters. The van der Waals surface area contributed by atoms with E-state index in [4.69, 9.17) is 9.47 Å². The van der Waals surface area contributed by atoms with Gasteiger partial charge < -0.3 is 9.47 Å². The van der Waals surface area contributed by atoms with Crippen LogP contribution in [0.2, 0.25) is 0 Å². The predicted molar refractivity (Wildman–Crippen MR) is 125 cm³/mol. The lowest BCUT2D eigenvalue weighted by atomic mass is 10.1. The monoisotopic (exact) mass is 416 g/mol. The van der Waals surface area contributed by atoms with Crippen molar-refractivity contribution in [3.63, 3.8) is 0 Å². The summed E-state index contributed by atoms with van der Waals surface area (Å²) in [5, 5.41) is 0. The number of rotatable bonds is 9. The average molecular weight is 417 g/mol. The van der Waals surface area contributed by atoms with Crippen molar-refractivity contribution in [3.05, 3.63) is 96.1 Å². The van der Waals surface area contributed by atoms with Crippen LogP contribution in [0.5, 0.6) is 11.5 Å². The summed E-state index contributed by atoms with van der Waals surface area (Å²) in [4.78, 5) is 5.07. The number of benzene rings is 3. The molecule has 1 unspecified atom stereocenters. The first-order valence-electron chi connectivity index (χ1n) is 11.2. The Kier molecular flexibility index (Phi) is 7.72. The Hall–Kier alpha value is -2.66. The molecule has 1 fully saturated rings. The van der Waals surface area contributed by atoms with E-state index in [1.54, 1.807) is 0 Å². The van der Waals surface area contributed by atoms with Crippen LogP contribution in [-0.4, -0.2) is 49.1 Å². The molecular weight excluding hydrogens is 384 g/mol. The highest BCUT2D eigenvalue weighted by Crippen LogP contribution is 2.25. The van der Waals surface area contributed by atoms with Gasteiger partial charge in [0.15, 0.2) is 0 Å². The SMILES string of the molecule is CC(c1ccccc1)N1CCN(CCOCc2ccccc2Oc2ccccc2)CC1. The van der Waals surface area contributed by atoms with Gasteiger partial charge in [-0.2, -0.15) is 0 Å². The fourth-order valence-corrected chi connectivity index (χ4v) is 4.03. The molecule has 1 aliphatic rings. The highest BCUT2D eigenvalue weighted by molar-refractivity contribution is 5.37. The Balaban J connectivity index is 1.19. The number of para-hydroxylation sites is 2. The van der Waals surface area contributed by atoms with Gasteiger partial charge in [-0.25, -0.2) is 0 Å². The van der Waals surface area contributed by atoms with Gasteiger partial charge in [0.05, 0.1) is 13.2 Å². The second-order valence-electron chi connectivity index (χ2n) is 8.04. The molecule has 0 radical (unpaired) electrons. The third-order valence-electron chi connectivity index (χ3n) is 5.99. The molecule has 3 aromatic carbocycles. The summed E-state index contributed by atoms with van der Waals surface area (Å²) in [6, 6.07) is 29.3. The zero-order valence-corrected chi connectivity index (χ0v) is 18.3. The summed E-state index contributed by atoms with van der Waals surface area (Å²) in [5.74, 6) is 1.70. The van der Waals surface area contributed by atoms with E-state index >= 15 is 0 Å². The van der Waals surface area contributed by atoms with E-state index in [0.717, 1.165) is 56.4 Å². The van der Waals surface area contributed by atoms with Gasteiger partial charge in [0.1, 0.15) is 11.5 Å². The fraction of sp³-hybridized carbons (Fsp3) is 0.333. The number of hydrogen-bond acceptors (Lipinski definition) is 4. The Bertz CT molecular complexity index is 909. The van der Waals surface area contributed by atoms with Gasteiger partial charge >= 0.3 is 0 Å². The third kappa shape index (κ3) is 6.17. The van der Waals surface area contributed by atoms with E-state index in [1.807, 2.05) is 48.5 Å². The van der Waals surface area contributed by atoms with Crippen molar-refractivity contribution in [1.29, 1.82) is 0 Å². The van der Waals surface area contributed by atoms with Gasteiger partial charge in [-0.3, -0.25) is 9.80 Å². The molecule has 4 rings (SSSR count). The number of hydrogen-bond donors (Lipinski definition) is 0. The van der Waals surface area contributed by atoms with E-state index in [9.17, 15) is 0 Å². The van der Waals surface area contributed by atoms with Gasteiger partial charge in [-0.1, -0.05) is 66.7 Å². The van der Waals surface area contributed by atoms with E-state index in [1.165, 1.54) is 5.56 Å². The van der Waals surface area contributed by atoms with Crippen molar-refractivity contribution in [2.24, 2.45) is 0 Å². The van der Waals surface area contributed by atoms with Crippen LogP contribution in [0.4, 0.5) is 0 Å². The molecular formula is C27H32N2O2. The number of ether oxygens (including phenoxy) is 2. The lowest BCUT2D eigenvalue weighted by molar-refractivity contribution is 0.0577. The van der Waals surface area contributed by atoms with Crippen LogP contribution in [0.1, 0.15) is 24.1 Å². The standard InChI is InChI=1S/C27H32N2O2/c1-23(24-10-4-2-5-11-24)29-18-16-28(17-19-29)20-21-30-22-25-12-8-9-15-27(25)31-26-13-6-3-7-14-26/h2-15,23H,16-22H2,1H3. The van der Waals surface area contributed by atoms with Crippen molar-refractivity contribution in [1.82, 2.24) is 9.80 Å². The summed E-state index contributed by atoms with van der Waals surface area (Å²) in [7, 11) is 0. The molecule has 1 aliphatic heterocycles. The van der Waals surface area contributed by atoms with E-state index in [2.05, 4.69) is 53.1 Å². The number of piperazine rings is 1. The summed E-state index contributed by atoms with van der Waals surface area (Å²) in [6.07, 6.45) is 0. The molecule has 162 valence electrons. The van der Waals surface area contributed by atoms with Crippen LogP contribution in [0.3, 0.4) is 0 Å². The summed E-state index contributed by atoms with van der Waals surface area (Å²) in [5.41, 5.74) is 2.48. The quantitative estimate of drug-likeness (QED) is 0.438. The minimum absolute atomic E-state index is 0.473. The van der Waals surface area contributed by atoms with Gasteiger partial charge in [-0.05, 0) is 30.7 Å². The Morgan fingerprint density at radius 2 is 1.42 bits per heavy atom. The van der Waals surface area contributed by atoms with Crippen LogP contribution in [-0.2, 0) is 11.3 Å². The zero-order valence-electron chi connectivity index (χ0n) is 18.3.